The number of nitriles is 1. The monoisotopic (exact) mass is 374 g/mol. The predicted octanol–water partition coefficient (Wildman–Crippen LogP) is 2.11. The van der Waals surface area contributed by atoms with Crippen molar-refractivity contribution in [3.63, 3.8) is 0 Å². The van der Waals surface area contributed by atoms with E-state index in [4.69, 9.17) is 10.00 Å². The van der Waals surface area contributed by atoms with Crippen molar-refractivity contribution in [1.29, 1.82) is 5.26 Å². The third-order valence-corrected chi connectivity index (χ3v) is 5.75. The first kappa shape index (κ1) is 18.6. The van der Waals surface area contributed by atoms with Gasteiger partial charge in [0.2, 0.25) is 10.0 Å². The average molecular weight is 374 g/mol. The minimum absolute atomic E-state index is 0.167. The molecule has 26 heavy (non-hydrogen) atoms. The molecule has 0 radical (unpaired) electrons. The summed E-state index contributed by atoms with van der Waals surface area (Å²) in [5.41, 5.74) is 1.91. The smallest absolute Gasteiger partial charge is 0.216 e. The van der Waals surface area contributed by atoms with Crippen molar-refractivity contribution >= 4 is 10.0 Å². The molecule has 1 aromatic heterocycles. The van der Waals surface area contributed by atoms with Crippen LogP contribution in [0.1, 0.15) is 42.6 Å². The fourth-order valence-electron chi connectivity index (χ4n) is 3.15. The zero-order valence-electron chi connectivity index (χ0n) is 14.6. The molecule has 7 nitrogen and oxygen atoms in total. The van der Waals surface area contributed by atoms with Crippen molar-refractivity contribution < 1.29 is 13.2 Å². The quantitative estimate of drug-likeness (QED) is 0.835. The normalized spacial score (nSPS) is 20.6. The van der Waals surface area contributed by atoms with Crippen molar-refractivity contribution in [3.8, 4) is 6.07 Å². The number of rotatable bonds is 6. The van der Waals surface area contributed by atoms with Gasteiger partial charge in [0.1, 0.15) is 6.10 Å². The van der Waals surface area contributed by atoms with E-state index in [0.717, 1.165) is 18.5 Å². The maximum atomic E-state index is 12.6. The van der Waals surface area contributed by atoms with Crippen LogP contribution < -0.4 is 4.72 Å². The van der Waals surface area contributed by atoms with Crippen LogP contribution in [0.5, 0.6) is 0 Å². The van der Waals surface area contributed by atoms with Gasteiger partial charge in [0.25, 0.3) is 0 Å². The van der Waals surface area contributed by atoms with Crippen LogP contribution >= 0.6 is 0 Å². The van der Waals surface area contributed by atoms with Gasteiger partial charge in [0.05, 0.1) is 29.6 Å². The highest BCUT2D eigenvalue weighted by molar-refractivity contribution is 7.88. The molecule has 3 rings (SSSR count). The summed E-state index contributed by atoms with van der Waals surface area (Å²) in [6.45, 7) is 3.34. The Bertz CT molecular complexity index is 901. The van der Waals surface area contributed by atoms with Gasteiger partial charge in [-0.2, -0.15) is 10.4 Å². The van der Waals surface area contributed by atoms with Gasteiger partial charge in [-0.3, -0.25) is 4.68 Å². The number of aromatic nitrogens is 2. The molecule has 1 aromatic carbocycles. The summed E-state index contributed by atoms with van der Waals surface area (Å²) in [5.74, 6) is -0.167. The highest BCUT2D eigenvalue weighted by Gasteiger charge is 2.31. The first-order valence-corrected chi connectivity index (χ1v) is 10.3. The lowest BCUT2D eigenvalue weighted by atomic mass is 9.99. The summed E-state index contributed by atoms with van der Waals surface area (Å²) in [4.78, 5) is 0. The first-order chi connectivity index (χ1) is 12.5. The summed E-state index contributed by atoms with van der Waals surface area (Å²) in [6.07, 6.45) is 4.80. The van der Waals surface area contributed by atoms with E-state index in [1.807, 2.05) is 19.2 Å². The molecule has 1 saturated heterocycles. The summed E-state index contributed by atoms with van der Waals surface area (Å²) in [7, 11) is -3.57. The van der Waals surface area contributed by atoms with Crippen LogP contribution in [0.2, 0.25) is 0 Å². The van der Waals surface area contributed by atoms with Crippen LogP contribution in [0.3, 0.4) is 0 Å². The minimum Gasteiger partial charge on any atom is -0.372 e. The van der Waals surface area contributed by atoms with Crippen LogP contribution in [0.4, 0.5) is 0 Å². The SMILES string of the molecule is CCn1cc([C@H]2OCCC[C@@H]2NS(=O)(=O)Cc2cccc(C#N)c2)cn1. The van der Waals surface area contributed by atoms with Gasteiger partial charge >= 0.3 is 0 Å². The number of hydrogen-bond donors (Lipinski definition) is 1. The van der Waals surface area contributed by atoms with Gasteiger partial charge in [0, 0.05) is 24.9 Å². The largest absolute Gasteiger partial charge is 0.372 e. The molecule has 0 aliphatic carbocycles. The number of nitrogens with one attached hydrogen (secondary N) is 1. The van der Waals surface area contributed by atoms with E-state index < -0.39 is 10.0 Å². The number of hydrogen-bond acceptors (Lipinski definition) is 5. The van der Waals surface area contributed by atoms with Crippen LogP contribution in [0, 0.1) is 11.3 Å². The average Bonchev–Trinajstić information content (AvgIpc) is 3.10. The van der Waals surface area contributed by atoms with E-state index >= 15 is 0 Å². The topological polar surface area (TPSA) is 97.0 Å². The third kappa shape index (κ3) is 4.49. The van der Waals surface area contributed by atoms with E-state index in [9.17, 15) is 8.42 Å². The molecule has 1 N–H and O–H groups in total. The lowest BCUT2D eigenvalue weighted by Gasteiger charge is -2.31. The van der Waals surface area contributed by atoms with Gasteiger partial charge in [-0.15, -0.1) is 0 Å². The van der Waals surface area contributed by atoms with E-state index in [-0.39, 0.29) is 17.9 Å². The van der Waals surface area contributed by atoms with Crippen molar-refractivity contribution in [1.82, 2.24) is 14.5 Å². The zero-order chi connectivity index (χ0) is 18.6. The summed E-state index contributed by atoms with van der Waals surface area (Å²) < 4.78 is 35.7. The fraction of sp³-hybridized carbons (Fsp3) is 0.444. The molecule has 8 heteroatoms. The molecule has 0 saturated carbocycles. The molecular formula is C18H22N4O3S. The van der Waals surface area contributed by atoms with Gasteiger partial charge in [-0.1, -0.05) is 12.1 Å². The van der Waals surface area contributed by atoms with Gasteiger partial charge in [-0.05, 0) is 37.5 Å². The Morgan fingerprint density at radius 1 is 1.46 bits per heavy atom. The molecule has 138 valence electrons. The Morgan fingerprint density at radius 2 is 2.31 bits per heavy atom. The Balaban J connectivity index is 1.74. The molecule has 0 unspecified atom stereocenters. The van der Waals surface area contributed by atoms with Crippen LogP contribution in [-0.4, -0.2) is 30.8 Å². The number of nitrogens with zero attached hydrogens (tertiary/aromatic N) is 3. The maximum absolute atomic E-state index is 12.6. The Kier molecular flexibility index (Phi) is 5.71. The number of ether oxygens (including phenoxy) is 1. The highest BCUT2D eigenvalue weighted by atomic mass is 32.2. The van der Waals surface area contributed by atoms with E-state index in [0.29, 0.717) is 24.2 Å². The molecule has 1 aliphatic heterocycles. The van der Waals surface area contributed by atoms with Gasteiger partial charge in [0.15, 0.2) is 0 Å². The van der Waals surface area contributed by atoms with Crippen LogP contribution in [0.25, 0.3) is 0 Å². The number of sulfonamides is 1. The molecule has 1 fully saturated rings. The standard InChI is InChI=1S/C18H22N4O3S/c1-2-22-12-16(11-20-22)18-17(7-4-8-25-18)21-26(23,24)13-15-6-3-5-14(9-15)10-19/h3,5-6,9,11-12,17-18,21H,2,4,7-8,13H2,1H3/t17-,18+/m0/s1. The molecule has 2 atom stereocenters. The molecule has 0 amide bonds. The molecule has 0 spiro atoms. The third-order valence-electron chi connectivity index (χ3n) is 4.37. The van der Waals surface area contributed by atoms with Crippen molar-refractivity contribution in [2.45, 2.75) is 44.2 Å². The maximum Gasteiger partial charge on any atom is 0.216 e. The predicted molar refractivity (Wildman–Crippen MR) is 96.5 cm³/mol. The Hall–Kier alpha value is -2.21. The van der Waals surface area contributed by atoms with Crippen LogP contribution in [-0.2, 0) is 27.1 Å². The second kappa shape index (κ2) is 7.99. The van der Waals surface area contributed by atoms with E-state index in [2.05, 4.69) is 9.82 Å². The Labute approximate surface area is 153 Å². The van der Waals surface area contributed by atoms with Crippen LogP contribution in [0.15, 0.2) is 36.7 Å². The molecule has 0 bridgehead atoms. The first-order valence-electron chi connectivity index (χ1n) is 8.64. The molecular weight excluding hydrogens is 352 g/mol. The Morgan fingerprint density at radius 3 is 3.04 bits per heavy atom. The minimum atomic E-state index is -3.57. The summed E-state index contributed by atoms with van der Waals surface area (Å²) >= 11 is 0. The fourth-order valence-corrected chi connectivity index (χ4v) is 4.56. The molecule has 1 aliphatic rings. The van der Waals surface area contributed by atoms with Gasteiger partial charge < -0.3 is 4.74 Å². The highest BCUT2D eigenvalue weighted by Crippen LogP contribution is 2.29. The molecule has 2 heterocycles. The zero-order valence-corrected chi connectivity index (χ0v) is 15.4. The summed E-state index contributed by atoms with van der Waals surface area (Å²) in [5, 5.41) is 13.2. The second-order valence-corrected chi connectivity index (χ2v) is 8.11. The number of benzene rings is 1. The van der Waals surface area contributed by atoms with Crippen molar-refractivity contribution in [3.05, 3.63) is 53.3 Å². The lowest BCUT2D eigenvalue weighted by molar-refractivity contribution is -0.00448. The van der Waals surface area contributed by atoms with Gasteiger partial charge in [-0.25, -0.2) is 13.1 Å². The van der Waals surface area contributed by atoms with E-state index in [1.54, 1.807) is 35.1 Å². The lowest BCUT2D eigenvalue weighted by Crippen LogP contribution is -2.43. The number of aryl methyl sites for hydroxylation is 1. The van der Waals surface area contributed by atoms with E-state index in [1.165, 1.54) is 0 Å². The molecule has 2 aromatic rings. The van der Waals surface area contributed by atoms with Crippen molar-refractivity contribution in [2.75, 3.05) is 6.61 Å². The summed E-state index contributed by atoms with van der Waals surface area (Å²) in [6, 6.07) is 8.34. The second-order valence-electron chi connectivity index (χ2n) is 6.36. The van der Waals surface area contributed by atoms with Crippen molar-refractivity contribution in [2.24, 2.45) is 0 Å².